The first-order valence-electron chi connectivity index (χ1n) is 9.29. The van der Waals surface area contributed by atoms with E-state index in [2.05, 4.69) is 9.98 Å². The van der Waals surface area contributed by atoms with Gasteiger partial charge in [-0.3, -0.25) is 9.59 Å². The molecule has 0 saturated carbocycles. The zero-order valence-corrected chi connectivity index (χ0v) is 18.3. The number of fused-ring (bicyclic) bond motifs is 2. The summed E-state index contributed by atoms with van der Waals surface area (Å²) in [6, 6.07) is 10.2. The van der Waals surface area contributed by atoms with E-state index in [0.717, 1.165) is 10.2 Å². The number of carbonyl (C=O) groups excluding carboxylic acids is 3. The average Bonchev–Trinajstić information content (AvgIpc) is 3.37. The van der Waals surface area contributed by atoms with Gasteiger partial charge in [-0.1, -0.05) is 11.3 Å². The van der Waals surface area contributed by atoms with Gasteiger partial charge in [-0.2, -0.15) is 4.99 Å². The van der Waals surface area contributed by atoms with Crippen LogP contribution in [0.2, 0.25) is 0 Å². The van der Waals surface area contributed by atoms with Gasteiger partial charge in [-0.25, -0.2) is 9.78 Å². The summed E-state index contributed by atoms with van der Waals surface area (Å²) < 4.78 is 13.0. The molecule has 4 rings (SSSR count). The average molecular weight is 456 g/mol. The van der Waals surface area contributed by atoms with E-state index in [0.29, 0.717) is 26.1 Å². The lowest BCUT2D eigenvalue weighted by molar-refractivity contribution is -0.141. The van der Waals surface area contributed by atoms with Gasteiger partial charge in [0.05, 0.1) is 45.2 Å². The Bertz CT molecular complexity index is 1380. The van der Waals surface area contributed by atoms with E-state index in [-0.39, 0.29) is 13.2 Å². The van der Waals surface area contributed by atoms with Gasteiger partial charge in [0.15, 0.2) is 4.80 Å². The van der Waals surface area contributed by atoms with Gasteiger partial charge in [0, 0.05) is 5.56 Å². The van der Waals surface area contributed by atoms with Crippen LogP contribution < -0.4 is 4.80 Å². The number of esters is 2. The summed E-state index contributed by atoms with van der Waals surface area (Å²) in [4.78, 5) is 45.7. The summed E-state index contributed by atoms with van der Waals surface area (Å²) in [7, 11) is 1.29. The number of ether oxygens (including phenoxy) is 2. The molecule has 0 bridgehead atoms. The third-order valence-electron chi connectivity index (χ3n) is 4.48. The molecule has 0 aliphatic rings. The quantitative estimate of drug-likeness (QED) is 0.428. The smallest absolute Gasteiger partial charge is 0.338 e. The van der Waals surface area contributed by atoms with Crippen molar-refractivity contribution in [3.05, 3.63) is 57.8 Å². The fourth-order valence-electron chi connectivity index (χ4n) is 2.99. The van der Waals surface area contributed by atoms with Crippen LogP contribution in [-0.2, 0) is 20.8 Å². The van der Waals surface area contributed by atoms with Crippen LogP contribution in [-0.4, -0.2) is 41.1 Å². The van der Waals surface area contributed by atoms with Crippen molar-refractivity contribution < 1.29 is 23.9 Å². The first-order chi connectivity index (χ1) is 15.0. The van der Waals surface area contributed by atoms with Crippen molar-refractivity contribution in [2.45, 2.75) is 13.5 Å². The number of amides is 1. The molecule has 0 radical (unpaired) electrons. The van der Waals surface area contributed by atoms with Crippen molar-refractivity contribution in [2.75, 3.05) is 13.7 Å². The first kappa shape index (κ1) is 20.9. The first-order valence-corrected chi connectivity index (χ1v) is 11.0. The Morgan fingerprint density at radius 3 is 2.65 bits per heavy atom. The molecular weight excluding hydrogens is 438 g/mol. The van der Waals surface area contributed by atoms with Crippen LogP contribution in [0.5, 0.6) is 0 Å². The highest BCUT2D eigenvalue weighted by Crippen LogP contribution is 2.22. The Kier molecular flexibility index (Phi) is 5.92. The predicted octanol–water partition coefficient (Wildman–Crippen LogP) is 3.40. The van der Waals surface area contributed by atoms with Crippen molar-refractivity contribution in [2.24, 2.45) is 4.99 Å². The van der Waals surface area contributed by atoms with Crippen molar-refractivity contribution >= 4 is 61.0 Å². The highest BCUT2D eigenvalue weighted by atomic mass is 32.1. The zero-order chi connectivity index (χ0) is 22.0. The van der Waals surface area contributed by atoms with Gasteiger partial charge < -0.3 is 14.0 Å². The van der Waals surface area contributed by atoms with Crippen molar-refractivity contribution in [3.8, 4) is 0 Å². The largest absolute Gasteiger partial charge is 0.468 e. The summed E-state index contributed by atoms with van der Waals surface area (Å²) >= 11 is 2.64. The maximum atomic E-state index is 12.8. The van der Waals surface area contributed by atoms with Gasteiger partial charge in [-0.15, -0.1) is 11.3 Å². The molecule has 4 aromatic rings. The molecule has 0 spiro atoms. The topological polar surface area (TPSA) is 99.9 Å². The molecule has 0 N–H and O–H groups in total. The molecule has 0 aliphatic carbocycles. The molecule has 2 heterocycles. The van der Waals surface area contributed by atoms with Crippen molar-refractivity contribution in [1.82, 2.24) is 9.55 Å². The number of benzene rings is 2. The number of carbonyl (C=O) groups is 3. The molecule has 158 valence electrons. The van der Waals surface area contributed by atoms with Gasteiger partial charge in [0.1, 0.15) is 6.54 Å². The predicted molar refractivity (Wildman–Crippen MR) is 117 cm³/mol. The van der Waals surface area contributed by atoms with Crippen LogP contribution in [0.15, 0.2) is 46.9 Å². The Morgan fingerprint density at radius 2 is 1.87 bits per heavy atom. The minimum atomic E-state index is -0.478. The molecule has 2 aromatic carbocycles. The SMILES string of the molecule is CCOC(=O)c1ccc2c(c1)sc(=NC(=O)c1ccc3ncsc3c1)n2CC(=O)OC. The highest BCUT2D eigenvalue weighted by molar-refractivity contribution is 7.17. The monoisotopic (exact) mass is 455 g/mol. The van der Waals surface area contributed by atoms with Crippen LogP contribution in [0.1, 0.15) is 27.6 Å². The lowest BCUT2D eigenvalue weighted by Gasteiger charge is -2.05. The minimum Gasteiger partial charge on any atom is -0.468 e. The van der Waals surface area contributed by atoms with Gasteiger partial charge in [-0.05, 0) is 43.3 Å². The summed E-state index contributed by atoms with van der Waals surface area (Å²) in [5.74, 6) is -1.36. The molecule has 2 aromatic heterocycles. The van der Waals surface area contributed by atoms with E-state index >= 15 is 0 Å². The third kappa shape index (κ3) is 4.25. The lowest BCUT2D eigenvalue weighted by Crippen LogP contribution is -2.22. The van der Waals surface area contributed by atoms with Gasteiger partial charge in [0.25, 0.3) is 5.91 Å². The highest BCUT2D eigenvalue weighted by Gasteiger charge is 2.15. The van der Waals surface area contributed by atoms with E-state index < -0.39 is 17.8 Å². The molecule has 10 heteroatoms. The molecular formula is C21H17N3O5S2. The van der Waals surface area contributed by atoms with E-state index in [9.17, 15) is 14.4 Å². The van der Waals surface area contributed by atoms with E-state index in [1.165, 1.54) is 29.8 Å². The second-order valence-electron chi connectivity index (χ2n) is 6.40. The number of aromatic nitrogens is 2. The molecule has 1 amide bonds. The van der Waals surface area contributed by atoms with Crippen molar-refractivity contribution in [1.29, 1.82) is 0 Å². The standard InChI is InChI=1S/C21H17N3O5S2/c1-3-29-20(27)13-5-7-15-17(9-13)31-21(24(15)10-18(25)28-2)23-19(26)12-4-6-14-16(8-12)30-11-22-14/h4-9,11H,3,10H2,1-2H3. The molecule has 0 aliphatic heterocycles. The second kappa shape index (κ2) is 8.78. The third-order valence-corrected chi connectivity index (χ3v) is 6.32. The summed E-state index contributed by atoms with van der Waals surface area (Å²) in [5.41, 5.74) is 4.00. The van der Waals surface area contributed by atoms with Crippen LogP contribution in [0.3, 0.4) is 0 Å². The normalized spacial score (nSPS) is 11.7. The Balaban J connectivity index is 1.81. The van der Waals surface area contributed by atoms with E-state index in [1.807, 2.05) is 0 Å². The molecule has 8 nitrogen and oxygen atoms in total. The Hall–Kier alpha value is -3.37. The van der Waals surface area contributed by atoms with Crippen LogP contribution in [0.4, 0.5) is 0 Å². The number of hydrogen-bond donors (Lipinski definition) is 0. The summed E-state index contributed by atoms with van der Waals surface area (Å²) in [5, 5.41) is 0. The number of hydrogen-bond acceptors (Lipinski definition) is 8. The molecule has 0 unspecified atom stereocenters. The van der Waals surface area contributed by atoms with E-state index in [4.69, 9.17) is 9.47 Å². The molecule has 0 saturated heterocycles. The van der Waals surface area contributed by atoms with Gasteiger partial charge >= 0.3 is 11.9 Å². The second-order valence-corrected chi connectivity index (χ2v) is 8.30. The number of nitrogens with zero attached hydrogens (tertiary/aromatic N) is 3. The van der Waals surface area contributed by atoms with Gasteiger partial charge in [0.2, 0.25) is 0 Å². The Labute approximate surface area is 184 Å². The summed E-state index contributed by atoms with van der Waals surface area (Å²) in [6.07, 6.45) is 0. The molecule has 0 fully saturated rings. The number of rotatable bonds is 5. The van der Waals surface area contributed by atoms with Crippen LogP contribution in [0.25, 0.3) is 20.4 Å². The fourth-order valence-corrected chi connectivity index (χ4v) is 4.77. The van der Waals surface area contributed by atoms with E-state index in [1.54, 1.807) is 53.4 Å². The maximum absolute atomic E-state index is 12.8. The van der Waals surface area contributed by atoms with Crippen LogP contribution >= 0.6 is 22.7 Å². The Morgan fingerprint density at radius 1 is 1.10 bits per heavy atom. The minimum absolute atomic E-state index is 0.116. The lowest BCUT2D eigenvalue weighted by atomic mass is 10.2. The van der Waals surface area contributed by atoms with Crippen molar-refractivity contribution in [3.63, 3.8) is 0 Å². The maximum Gasteiger partial charge on any atom is 0.338 e. The molecule has 0 atom stereocenters. The number of methoxy groups -OCH3 is 1. The zero-order valence-electron chi connectivity index (χ0n) is 16.7. The molecule has 31 heavy (non-hydrogen) atoms. The number of thiazole rings is 2. The fraction of sp³-hybridized carbons (Fsp3) is 0.190. The van der Waals surface area contributed by atoms with Crippen LogP contribution in [0, 0.1) is 0 Å². The summed E-state index contributed by atoms with van der Waals surface area (Å²) in [6.45, 7) is 1.89.